The van der Waals surface area contributed by atoms with E-state index in [1.807, 2.05) is 36.4 Å². The highest BCUT2D eigenvalue weighted by Crippen LogP contribution is 2.49. The second kappa shape index (κ2) is 9.94. The van der Waals surface area contributed by atoms with Crippen LogP contribution in [0.1, 0.15) is 22.2 Å². The van der Waals surface area contributed by atoms with E-state index in [4.69, 9.17) is 8.94 Å². The van der Waals surface area contributed by atoms with Crippen molar-refractivity contribution in [1.29, 1.82) is 0 Å². The number of anilines is 1. The van der Waals surface area contributed by atoms with Gasteiger partial charge in [0.1, 0.15) is 22.0 Å². The molecule has 10 heteroatoms. The maximum Gasteiger partial charge on any atom is 0.348 e. The van der Waals surface area contributed by atoms with Crippen molar-refractivity contribution in [2.45, 2.75) is 13.8 Å². The Labute approximate surface area is 216 Å². The fraction of sp³-hybridized carbons (Fsp3) is 0.111. The number of aromatic nitrogens is 1. The monoisotopic (exact) mass is 536 g/mol. The van der Waals surface area contributed by atoms with Gasteiger partial charge in [0, 0.05) is 22.7 Å². The first-order valence-corrected chi connectivity index (χ1v) is 13.8. The van der Waals surface area contributed by atoms with Gasteiger partial charge in [0.2, 0.25) is 0 Å². The summed E-state index contributed by atoms with van der Waals surface area (Å²) in [6, 6.07) is 18.8. The maximum atomic E-state index is 14.7. The predicted molar refractivity (Wildman–Crippen MR) is 143 cm³/mol. The molecule has 3 heterocycles. The Balaban J connectivity index is 1.48. The molecule has 3 aromatic heterocycles. The van der Waals surface area contributed by atoms with Crippen LogP contribution in [0.4, 0.5) is 10.1 Å². The third-order valence-electron chi connectivity index (χ3n) is 5.67. The first kappa shape index (κ1) is 24.9. The molecule has 5 rings (SSSR count). The van der Waals surface area contributed by atoms with Crippen LogP contribution in [-0.2, 0) is 9.09 Å². The molecule has 0 bridgehead atoms. The van der Waals surface area contributed by atoms with Gasteiger partial charge >= 0.3 is 13.5 Å². The van der Waals surface area contributed by atoms with Gasteiger partial charge in [-0.25, -0.2) is 9.18 Å². The summed E-state index contributed by atoms with van der Waals surface area (Å²) in [5.41, 5.74) is 3.79. The molecule has 0 aliphatic rings. The van der Waals surface area contributed by atoms with E-state index in [0.717, 1.165) is 28.0 Å². The number of furan rings is 1. The maximum absolute atomic E-state index is 14.7. The number of hydrogen-bond acceptors (Lipinski definition) is 6. The Morgan fingerprint density at radius 3 is 2.57 bits per heavy atom. The van der Waals surface area contributed by atoms with Crippen LogP contribution in [-0.4, -0.2) is 22.7 Å². The summed E-state index contributed by atoms with van der Waals surface area (Å²) in [6.45, 7) is 3.39. The molecule has 0 saturated heterocycles. The topological polar surface area (TPSA) is 102 Å². The standard InChI is InChI=1S/C27H22FN2O5PS/c1-3-34-36(33,24-11-6-16(2)13-19(24)28)30-21-15-25(37-26(21)27(31)32)18-9-7-17(8-10-18)23-14-20-22(35-23)5-4-12-29-20/h4-15H,3H2,1-2H3,(H,30,33)(H,31,32). The molecule has 0 fully saturated rings. The number of nitrogens with one attached hydrogen (secondary N) is 1. The number of aryl methyl sites for hydroxylation is 1. The molecule has 1 unspecified atom stereocenters. The van der Waals surface area contributed by atoms with E-state index < -0.39 is 19.3 Å². The Kier molecular flexibility index (Phi) is 6.69. The Morgan fingerprint density at radius 2 is 1.89 bits per heavy atom. The molecule has 37 heavy (non-hydrogen) atoms. The Hall–Kier alpha value is -3.78. The van der Waals surface area contributed by atoms with Crippen LogP contribution in [0.2, 0.25) is 0 Å². The van der Waals surface area contributed by atoms with Gasteiger partial charge in [0.05, 0.1) is 17.6 Å². The normalized spacial score (nSPS) is 12.9. The number of pyridine rings is 1. The van der Waals surface area contributed by atoms with Gasteiger partial charge in [-0.3, -0.25) is 9.55 Å². The fourth-order valence-corrected chi connectivity index (χ4v) is 6.77. The zero-order valence-corrected chi connectivity index (χ0v) is 21.6. The van der Waals surface area contributed by atoms with Gasteiger partial charge in [0.15, 0.2) is 5.58 Å². The van der Waals surface area contributed by atoms with Crippen molar-refractivity contribution in [2.75, 3.05) is 11.7 Å². The Bertz CT molecular complexity index is 1630. The van der Waals surface area contributed by atoms with E-state index in [0.29, 0.717) is 21.8 Å². The van der Waals surface area contributed by atoms with E-state index in [-0.39, 0.29) is 22.5 Å². The molecule has 0 aliphatic carbocycles. The van der Waals surface area contributed by atoms with E-state index in [9.17, 15) is 18.9 Å². The second-order valence-electron chi connectivity index (χ2n) is 8.27. The average Bonchev–Trinajstić information content (AvgIpc) is 3.48. The Morgan fingerprint density at radius 1 is 1.14 bits per heavy atom. The number of rotatable bonds is 8. The van der Waals surface area contributed by atoms with Crippen LogP contribution >= 0.6 is 18.9 Å². The zero-order chi connectivity index (χ0) is 26.2. The molecule has 188 valence electrons. The van der Waals surface area contributed by atoms with Gasteiger partial charge in [-0.1, -0.05) is 30.3 Å². The van der Waals surface area contributed by atoms with Crippen molar-refractivity contribution in [2.24, 2.45) is 0 Å². The highest BCUT2D eigenvalue weighted by atomic mass is 32.1. The van der Waals surface area contributed by atoms with Gasteiger partial charge in [-0.15, -0.1) is 11.3 Å². The lowest BCUT2D eigenvalue weighted by atomic mass is 10.1. The lowest BCUT2D eigenvalue weighted by Crippen LogP contribution is -2.18. The van der Waals surface area contributed by atoms with Crippen LogP contribution in [0.3, 0.4) is 0 Å². The molecule has 0 amide bonds. The second-order valence-corrected chi connectivity index (χ2v) is 11.4. The number of carboxylic acid groups (broad SMARTS) is 1. The fourth-order valence-electron chi connectivity index (χ4n) is 3.94. The zero-order valence-electron chi connectivity index (χ0n) is 19.9. The van der Waals surface area contributed by atoms with Gasteiger partial charge in [-0.2, -0.15) is 0 Å². The number of aromatic carboxylic acids is 1. The molecule has 2 aromatic carbocycles. The summed E-state index contributed by atoms with van der Waals surface area (Å²) in [5, 5.41) is 12.4. The van der Waals surface area contributed by atoms with Crippen molar-refractivity contribution in [3.63, 3.8) is 0 Å². The average molecular weight is 537 g/mol. The molecule has 5 aromatic rings. The van der Waals surface area contributed by atoms with Crippen molar-refractivity contribution < 1.29 is 27.8 Å². The van der Waals surface area contributed by atoms with Gasteiger partial charge < -0.3 is 19.1 Å². The molecule has 2 N–H and O–H groups in total. The number of benzene rings is 2. The summed E-state index contributed by atoms with van der Waals surface area (Å²) in [5.74, 6) is -1.22. The van der Waals surface area contributed by atoms with Gasteiger partial charge in [-0.05, 0) is 55.3 Å². The third kappa shape index (κ3) is 4.93. The van der Waals surface area contributed by atoms with Crippen molar-refractivity contribution >= 4 is 46.9 Å². The highest BCUT2D eigenvalue weighted by Gasteiger charge is 2.32. The summed E-state index contributed by atoms with van der Waals surface area (Å²) in [6.07, 6.45) is 1.70. The van der Waals surface area contributed by atoms with Crippen LogP contribution in [0.5, 0.6) is 0 Å². The molecule has 0 radical (unpaired) electrons. The van der Waals surface area contributed by atoms with Crippen molar-refractivity contribution in [3.05, 3.63) is 89.2 Å². The quantitative estimate of drug-likeness (QED) is 0.200. The molecular weight excluding hydrogens is 514 g/mol. The molecule has 0 spiro atoms. The van der Waals surface area contributed by atoms with Crippen LogP contribution < -0.4 is 10.4 Å². The van der Waals surface area contributed by atoms with Crippen LogP contribution in [0.25, 0.3) is 32.9 Å². The lowest BCUT2D eigenvalue weighted by Gasteiger charge is -2.20. The van der Waals surface area contributed by atoms with Crippen molar-refractivity contribution in [3.8, 4) is 21.8 Å². The first-order chi connectivity index (χ1) is 17.8. The van der Waals surface area contributed by atoms with E-state index >= 15 is 0 Å². The number of hydrogen-bond donors (Lipinski definition) is 2. The summed E-state index contributed by atoms with van der Waals surface area (Å²) < 4.78 is 39.8. The smallest absolute Gasteiger partial charge is 0.348 e. The SMILES string of the molecule is CCOP(=O)(Nc1cc(-c2ccc(-c3cc4ncccc4o3)cc2)sc1C(=O)O)c1ccc(C)cc1F. The summed E-state index contributed by atoms with van der Waals surface area (Å²) >= 11 is 1.02. The largest absolute Gasteiger partial charge is 0.477 e. The lowest BCUT2D eigenvalue weighted by molar-refractivity contribution is 0.0703. The number of thiophene rings is 1. The minimum absolute atomic E-state index is 0.0375. The number of halogens is 1. The molecule has 1 atom stereocenters. The predicted octanol–water partition coefficient (Wildman–Crippen LogP) is 7.34. The number of fused-ring (bicyclic) bond motifs is 1. The summed E-state index contributed by atoms with van der Waals surface area (Å²) in [7, 11) is -3.96. The van der Waals surface area contributed by atoms with E-state index in [1.165, 1.54) is 12.1 Å². The first-order valence-electron chi connectivity index (χ1n) is 11.4. The minimum atomic E-state index is -3.96. The number of nitrogens with zero attached hydrogens (tertiary/aromatic N) is 1. The molecule has 0 aliphatic heterocycles. The summed E-state index contributed by atoms with van der Waals surface area (Å²) in [4.78, 5) is 16.9. The molecule has 0 saturated carbocycles. The molecular formula is C27H22FN2O5PS. The van der Waals surface area contributed by atoms with Crippen molar-refractivity contribution in [1.82, 2.24) is 4.98 Å². The third-order valence-corrected chi connectivity index (χ3v) is 8.99. The van der Waals surface area contributed by atoms with Crippen LogP contribution in [0.15, 0.2) is 77.3 Å². The molecule has 7 nitrogen and oxygen atoms in total. The van der Waals surface area contributed by atoms with Crippen LogP contribution in [0, 0.1) is 12.7 Å². The van der Waals surface area contributed by atoms with Gasteiger partial charge in [0.25, 0.3) is 0 Å². The highest BCUT2D eigenvalue weighted by molar-refractivity contribution is 7.68. The minimum Gasteiger partial charge on any atom is -0.477 e. The number of carboxylic acids is 1. The van der Waals surface area contributed by atoms with E-state index in [1.54, 1.807) is 38.2 Å². The van der Waals surface area contributed by atoms with E-state index in [2.05, 4.69) is 10.1 Å². The number of carbonyl (C=O) groups is 1.